The van der Waals surface area contributed by atoms with Gasteiger partial charge in [-0.25, -0.2) is 4.98 Å². The number of amides is 1. The Bertz CT molecular complexity index is 786. The summed E-state index contributed by atoms with van der Waals surface area (Å²) in [4.78, 5) is 18.1. The lowest BCUT2D eigenvalue weighted by molar-refractivity contribution is -0.892. The number of benzene rings is 1. The molecule has 1 saturated heterocycles. The topological polar surface area (TPSA) is 60.1 Å². The van der Waals surface area contributed by atoms with Gasteiger partial charge in [0.2, 0.25) is 0 Å². The monoisotopic (exact) mass is 396 g/mol. The Labute approximate surface area is 160 Å². The van der Waals surface area contributed by atoms with E-state index in [1.807, 2.05) is 4.90 Å². The molecule has 6 nitrogen and oxygen atoms in total. The molecule has 2 heterocycles. The molecular weight excluding hydrogens is 373 g/mol. The second-order valence-electron chi connectivity index (χ2n) is 6.65. The molecule has 2 aromatic rings. The summed E-state index contributed by atoms with van der Waals surface area (Å²) < 4.78 is 43.0. The van der Waals surface area contributed by atoms with Crippen LogP contribution in [0.1, 0.15) is 5.56 Å². The molecule has 0 unspecified atom stereocenters. The molecule has 0 spiro atoms. The van der Waals surface area contributed by atoms with Gasteiger partial charge in [-0.15, -0.1) is 0 Å². The quantitative estimate of drug-likeness (QED) is 0.789. The highest BCUT2D eigenvalue weighted by Crippen LogP contribution is 2.28. The average molecular weight is 396 g/mol. The molecular formula is C19H23F3N4O2+2. The number of hydrogen-bond donors (Lipinski definition) is 2. The number of carbonyl (C=O) groups excluding carboxylic acids is 1. The molecule has 0 atom stereocenters. The summed E-state index contributed by atoms with van der Waals surface area (Å²) >= 11 is 0. The van der Waals surface area contributed by atoms with Crippen molar-refractivity contribution in [3.8, 4) is 5.75 Å². The van der Waals surface area contributed by atoms with Gasteiger partial charge in [-0.2, -0.15) is 13.2 Å². The number of rotatable bonds is 5. The Balaban J connectivity index is 1.47. The van der Waals surface area contributed by atoms with Crippen molar-refractivity contribution in [1.82, 2.24) is 0 Å². The standard InChI is InChI=1S/C19H21F3N4O2/c1-28-16-5-3-15(4-6-16)24-18(27)13-25-8-10-26(11-9-25)17-7-2-14(12-23-17)19(20,21)22/h2-7,12H,8-11,13H2,1H3,(H,24,27)/p+2. The fraction of sp³-hybridized carbons (Fsp3) is 0.368. The van der Waals surface area contributed by atoms with Crippen LogP contribution in [-0.2, 0) is 11.0 Å². The van der Waals surface area contributed by atoms with E-state index in [1.54, 1.807) is 31.4 Å². The van der Waals surface area contributed by atoms with E-state index in [9.17, 15) is 18.0 Å². The number of alkyl halides is 3. The van der Waals surface area contributed by atoms with Gasteiger partial charge in [0.15, 0.2) is 6.54 Å². The van der Waals surface area contributed by atoms with Gasteiger partial charge in [0.05, 0.1) is 12.7 Å². The second-order valence-corrected chi connectivity index (χ2v) is 6.65. The second kappa shape index (κ2) is 8.47. The molecule has 150 valence electrons. The first kappa shape index (κ1) is 19.9. The molecule has 3 rings (SSSR count). The van der Waals surface area contributed by atoms with E-state index in [4.69, 9.17) is 4.74 Å². The Morgan fingerprint density at radius 3 is 2.39 bits per heavy atom. The minimum atomic E-state index is -4.35. The number of H-pyrrole nitrogens is 1. The van der Waals surface area contributed by atoms with Crippen LogP contribution in [0.15, 0.2) is 42.6 Å². The van der Waals surface area contributed by atoms with E-state index in [1.165, 1.54) is 6.07 Å². The zero-order valence-corrected chi connectivity index (χ0v) is 15.5. The minimum Gasteiger partial charge on any atom is -0.497 e. The summed E-state index contributed by atoms with van der Waals surface area (Å²) in [6, 6.07) is 9.65. The SMILES string of the molecule is COc1ccc(NC(=O)C[NH+]2CCN(c3ccc(C(F)(F)F)c[nH+]3)CC2)cc1. The molecule has 1 aliphatic rings. The highest BCUT2D eigenvalue weighted by molar-refractivity contribution is 5.91. The van der Waals surface area contributed by atoms with Crippen molar-refractivity contribution in [1.29, 1.82) is 0 Å². The van der Waals surface area contributed by atoms with Gasteiger partial charge < -0.3 is 15.0 Å². The first-order valence-electron chi connectivity index (χ1n) is 8.96. The number of nitrogens with one attached hydrogen (secondary N) is 3. The smallest absolute Gasteiger partial charge is 0.419 e. The van der Waals surface area contributed by atoms with Gasteiger partial charge >= 0.3 is 6.18 Å². The number of aromatic amines is 1. The lowest BCUT2D eigenvalue weighted by atomic mass is 10.2. The van der Waals surface area contributed by atoms with Crippen molar-refractivity contribution < 1.29 is 32.6 Å². The van der Waals surface area contributed by atoms with Crippen LogP contribution < -0.4 is 24.8 Å². The van der Waals surface area contributed by atoms with Crippen LogP contribution in [0.2, 0.25) is 0 Å². The van der Waals surface area contributed by atoms with E-state index in [-0.39, 0.29) is 5.91 Å². The Morgan fingerprint density at radius 1 is 1.18 bits per heavy atom. The molecule has 1 fully saturated rings. The molecule has 1 amide bonds. The van der Waals surface area contributed by atoms with E-state index in [2.05, 4.69) is 10.3 Å². The first-order valence-corrected chi connectivity index (χ1v) is 8.96. The largest absolute Gasteiger partial charge is 0.497 e. The molecule has 0 radical (unpaired) electrons. The predicted molar refractivity (Wildman–Crippen MR) is 97.4 cm³/mol. The number of quaternary nitrogens is 1. The molecule has 9 heteroatoms. The lowest BCUT2D eigenvalue weighted by Gasteiger charge is -2.28. The van der Waals surface area contributed by atoms with Gasteiger partial charge in [-0.3, -0.25) is 9.69 Å². The summed E-state index contributed by atoms with van der Waals surface area (Å²) in [5, 5.41) is 2.86. The van der Waals surface area contributed by atoms with Gasteiger partial charge in [-0.05, 0) is 30.3 Å². The van der Waals surface area contributed by atoms with Gasteiger partial charge in [0.1, 0.15) is 38.1 Å². The number of ether oxygens (including phenoxy) is 1. The van der Waals surface area contributed by atoms with Crippen LogP contribution in [0.5, 0.6) is 5.75 Å². The van der Waals surface area contributed by atoms with Crippen LogP contribution in [-0.4, -0.2) is 45.7 Å². The Hall–Kier alpha value is -2.81. The molecule has 1 aliphatic heterocycles. The number of pyridine rings is 1. The average Bonchev–Trinajstić information content (AvgIpc) is 2.68. The maximum atomic E-state index is 12.6. The van der Waals surface area contributed by atoms with Crippen molar-refractivity contribution in [2.45, 2.75) is 6.18 Å². The number of methoxy groups -OCH3 is 1. The van der Waals surface area contributed by atoms with Crippen molar-refractivity contribution in [3.63, 3.8) is 0 Å². The number of aromatic nitrogens is 1. The number of halogens is 3. The van der Waals surface area contributed by atoms with Gasteiger partial charge in [0, 0.05) is 11.8 Å². The van der Waals surface area contributed by atoms with Gasteiger partial charge in [0.25, 0.3) is 11.7 Å². The van der Waals surface area contributed by atoms with Gasteiger partial charge in [-0.1, -0.05) is 0 Å². The highest BCUT2D eigenvalue weighted by Gasteiger charge is 2.33. The third kappa shape index (κ3) is 5.13. The molecule has 3 N–H and O–H groups in total. The third-order valence-electron chi connectivity index (χ3n) is 4.72. The highest BCUT2D eigenvalue weighted by atomic mass is 19.4. The molecule has 0 saturated carbocycles. The molecule has 28 heavy (non-hydrogen) atoms. The van der Waals surface area contributed by atoms with Crippen LogP contribution in [0.25, 0.3) is 0 Å². The minimum absolute atomic E-state index is 0.0743. The normalized spacial score (nSPS) is 15.4. The van der Waals surface area contributed by atoms with E-state index in [0.29, 0.717) is 31.1 Å². The molecule has 1 aromatic carbocycles. The fourth-order valence-electron chi connectivity index (χ4n) is 3.14. The van der Waals surface area contributed by atoms with Crippen molar-refractivity contribution in [2.75, 3.05) is 50.1 Å². The van der Waals surface area contributed by atoms with E-state index >= 15 is 0 Å². The number of piperazine rings is 1. The zero-order chi connectivity index (χ0) is 20.1. The maximum absolute atomic E-state index is 12.6. The maximum Gasteiger partial charge on any atom is 0.419 e. The lowest BCUT2D eigenvalue weighted by Crippen LogP contribution is -3.15. The third-order valence-corrected chi connectivity index (χ3v) is 4.72. The number of anilines is 2. The molecule has 1 aromatic heterocycles. The Morgan fingerprint density at radius 2 is 1.86 bits per heavy atom. The molecule has 0 aliphatic carbocycles. The zero-order valence-electron chi connectivity index (χ0n) is 15.5. The van der Waals surface area contributed by atoms with E-state index in [0.717, 1.165) is 36.0 Å². The van der Waals surface area contributed by atoms with Crippen molar-refractivity contribution in [3.05, 3.63) is 48.2 Å². The van der Waals surface area contributed by atoms with Crippen molar-refractivity contribution in [2.24, 2.45) is 0 Å². The Kier molecular flexibility index (Phi) is 6.03. The summed E-state index contributed by atoms with van der Waals surface area (Å²) in [6.07, 6.45) is -3.37. The van der Waals surface area contributed by atoms with Crippen LogP contribution in [0.4, 0.5) is 24.7 Å². The van der Waals surface area contributed by atoms with Crippen LogP contribution in [0.3, 0.4) is 0 Å². The fourth-order valence-corrected chi connectivity index (χ4v) is 3.14. The molecule has 0 bridgehead atoms. The first-order chi connectivity index (χ1) is 13.3. The van der Waals surface area contributed by atoms with E-state index < -0.39 is 11.7 Å². The number of carbonyl (C=O) groups is 1. The number of hydrogen-bond acceptors (Lipinski definition) is 3. The van der Waals surface area contributed by atoms with Crippen molar-refractivity contribution >= 4 is 17.4 Å². The summed E-state index contributed by atoms with van der Waals surface area (Å²) in [5.41, 5.74) is 0.0129. The summed E-state index contributed by atoms with van der Waals surface area (Å²) in [5.74, 6) is 1.30. The van der Waals surface area contributed by atoms with Crippen LogP contribution in [0, 0.1) is 0 Å². The summed E-state index contributed by atoms with van der Waals surface area (Å²) in [7, 11) is 1.58. The summed E-state index contributed by atoms with van der Waals surface area (Å²) in [6.45, 7) is 3.12. The van der Waals surface area contributed by atoms with Crippen LogP contribution >= 0.6 is 0 Å². The number of nitrogens with zero attached hydrogens (tertiary/aromatic N) is 1. The predicted octanol–water partition coefficient (Wildman–Crippen LogP) is 0.872.